The minimum Gasteiger partial charge on any atom is -0.394 e. The summed E-state index contributed by atoms with van der Waals surface area (Å²) in [4.78, 5) is 8.14. The summed E-state index contributed by atoms with van der Waals surface area (Å²) in [7, 11) is 0. The fourth-order valence-electron chi connectivity index (χ4n) is 0.719. The third-order valence-electron chi connectivity index (χ3n) is 1.47. The molecule has 0 fully saturated rings. The molecule has 0 bridgehead atoms. The summed E-state index contributed by atoms with van der Waals surface area (Å²) in [6.07, 6.45) is 3.45. The van der Waals surface area contributed by atoms with Crippen LogP contribution in [-0.2, 0) is 0 Å². The lowest BCUT2D eigenvalue weighted by molar-refractivity contribution is 0.233. The van der Waals surface area contributed by atoms with Crippen molar-refractivity contribution in [1.29, 1.82) is 0 Å². The number of anilines is 1. The van der Waals surface area contributed by atoms with Gasteiger partial charge in [-0.2, -0.15) is 0 Å². The molecule has 0 unspecified atom stereocenters. The minimum atomic E-state index is -0.382. The highest BCUT2D eigenvalue weighted by molar-refractivity contribution is 14.1. The van der Waals surface area contributed by atoms with E-state index in [9.17, 15) is 0 Å². The van der Waals surface area contributed by atoms with Crippen LogP contribution in [0.2, 0.25) is 0 Å². The zero-order chi connectivity index (χ0) is 9.90. The van der Waals surface area contributed by atoms with Crippen LogP contribution < -0.4 is 5.32 Å². The Morgan fingerprint density at radius 2 is 2.00 bits per heavy atom. The van der Waals surface area contributed by atoms with Gasteiger partial charge in [0.05, 0.1) is 12.1 Å². The predicted octanol–water partition coefficient (Wildman–Crippen LogP) is 1.26. The van der Waals surface area contributed by atoms with Gasteiger partial charge in [-0.25, -0.2) is 9.97 Å². The van der Waals surface area contributed by atoms with Crippen molar-refractivity contribution >= 4 is 28.5 Å². The molecule has 0 radical (unpaired) electrons. The van der Waals surface area contributed by atoms with Crippen LogP contribution in [0.4, 0.5) is 5.95 Å². The molecule has 1 aromatic heterocycles. The quantitative estimate of drug-likeness (QED) is 0.824. The van der Waals surface area contributed by atoms with Gasteiger partial charge >= 0.3 is 0 Å². The Morgan fingerprint density at radius 3 is 2.46 bits per heavy atom. The van der Waals surface area contributed by atoms with Crippen molar-refractivity contribution in [3.8, 4) is 0 Å². The van der Waals surface area contributed by atoms with E-state index in [1.807, 2.05) is 13.8 Å². The highest BCUT2D eigenvalue weighted by atomic mass is 127. The fourth-order valence-corrected chi connectivity index (χ4v) is 0.998. The van der Waals surface area contributed by atoms with E-state index < -0.39 is 0 Å². The third kappa shape index (κ3) is 3.43. The molecule has 1 aromatic rings. The first-order valence-corrected chi connectivity index (χ1v) is 4.98. The van der Waals surface area contributed by atoms with Crippen LogP contribution in [0.3, 0.4) is 0 Å². The molecule has 4 nitrogen and oxygen atoms in total. The van der Waals surface area contributed by atoms with Gasteiger partial charge in [0.2, 0.25) is 5.95 Å². The van der Waals surface area contributed by atoms with E-state index in [1.165, 1.54) is 0 Å². The van der Waals surface area contributed by atoms with Crippen LogP contribution in [0.25, 0.3) is 0 Å². The second-order valence-corrected chi connectivity index (χ2v) is 4.64. The molecule has 1 rings (SSSR count). The molecular formula is C8H12IN3O. The zero-order valence-electron chi connectivity index (χ0n) is 7.58. The predicted molar refractivity (Wildman–Crippen MR) is 59.5 cm³/mol. The maximum atomic E-state index is 8.99. The van der Waals surface area contributed by atoms with Gasteiger partial charge in [0, 0.05) is 16.0 Å². The first-order chi connectivity index (χ1) is 6.03. The number of rotatable bonds is 3. The van der Waals surface area contributed by atoms with Crippen molar-refractivity contribution in [2.24, 2.45) is 0 Å². The number of halogens is 1. The zero-order valence-corrected chi connectivity index (χ0v) is 9.74. The van der Waals surface area contributed by atoms with Gasteiger partial charge < -0.3 is 10.4 Å². The first kappa shape index (κ1) is 10.6. The third-order valence-corrected chi connectivity index (χ3v) is 2.02. The molecule has 0 saturated heterocycles. The van der Waals surface area contributed by atoms with Crippen LogP contribution in [0.1, 0.15) is 13.8 Å². The largest absolute Gasteiger partial charge is 0.394 e. The average molecular weight is 293 g/mol. The van der Waals surface area contributed by atoms with Gasteiger partial charge in [0.25, 0.3) is 0 Å². The van der Waals surface area contributed by atoms with Gasteiger partial charge in [-0.15, -0.1) is 0 Å². The molecule has 0 aromatic carbocycles. The number of aliphatic hydroxyl groups excluding tert-OH is 1. The maximum Gasteiger partial charge on any atom is 0.223 e. The monoisotopic (exact) mass is 293 g/mol. The van der Waals surface area contributed by atoms with Crippen molar-refractivity contribution in [2.75, 3.05) is 11.9 Å². The lowest BCUT2D eigenvalue weighted by atomic mass is 10.1. The summed E-state index contributed by atoms with van der Waals surface area (Å²) in [5, 5.41) is 12.0. The van der Waals surface area contributed by atoms with Gasteiger partial charge in [0.1, 0.15) is 0 Å². The normalized spacial score (nSPS) is 11.4. The molecule has 5 heteroatoms. The molecule has 13 heavy (non-hydrogen) atoms. The molecule has 72 valence electrons. The summed E-state index contributed by atoms with van der Waals surface area (Å²) in [6.45, 7) is 3.81. The summed E-state index contributed by atoms with van der Waals surface area (Å²) < 4.78 is 0.991. The Kier molecular flexibility index (Phi) is 3.43. The highest BCUT2D eigenvalue weighted by Crippen LogP contribution is 2.10. The number of nitrogens with zero attached hydrogens (tertiary/aromatic N) is 2. The molecule has 0 aliphatic heterocycles. The highest BCUT2D eigenvalue weighted by Gasteiger charge is 2.16. The molecule has 0 spiro atoms. The molecule has 1 heterocycles. The fraction of sp³-hybridized carbons (Fsp3) is 0.500. The lowest BCUT2D eigenvalue weighted by Crippen LogP contribution is -2.35. The number of nitrogens with one attached hydrogen (secondary N) is 1. The Morgan fingerprint density at radius 1 is 1.46 bits per heavy atom. The standard InChI is InChI=1S/C8H12IN3O/c1-8(2,5-13)12-7-10-3-6(9)4-11-7/h3-4,13H,5H2,1-2H3,(H,10,11,12). The van der Waals surface area contributed by atoms with E-state index in [1.54, 1.807) is 12.4 Å². The lowest BCUT2D eigenvalue weighted by Gasteiger charge is -2.23. The van der Waals surface area contributed by atoms with E-state index in [-0.39, 0.29) is 12.1 Å². The number of aromatic nitrogens is 2. The van der Waals surface area contributed by atoms with Crippen molar-refractivity contribution in [3.05, 3.63) is 16.0 Å². The smallest absolute Gasteiger partial charge is 0.223 e. The molecular weight excluding hydrogens is 281 g/mol. The maximum absolute atomic E-state index is 8.99. The van der Waals surface area contributed by atoms with Gasteiger partial charge in [-0.1, -0.05) is 0 Å². The number of hydrogen-bond acceptors (Lipinski definition) is 4. The Bertz CT molecular complexity index is 273. The summed E-state index contributed by atoms with van der Waals surface area (Å²) in [6, 6.07) is 0. The minimum absolute atomic E-state index is 0.0440. The van der Waals surface area contributed by atoms with Crippen molar-refractivity contribution in [2.45, 2.75) is 19.4 Å². The SMILES string of the molecule is CC(C)(CO)Nc1ncc(I)cn1. The van der Waals surface area contributed by atoms with Crippen molar-refractivity contribution in [3.63, 3.8) is 0 Å². The van der Waals surface area contributed by atoms with E-state index in [4.69, 9.17) is 5.11 Å². The Balaban J connectivity index is 2.69. The second kappa shape index (κ2) is 4.19. The van der Waals surface area contributed by atoms with E-state index in [2.05, 4.69) is 37.9 Å². The van der Waals surface area contributed by atoms with E-state index in [0.29, 0.717) is 5.95 Å². The Hall–Kier alpha value is -0.430. The van der Waals surface area contributed by atoms with Crippen LogP contribution in [-0.4, -0.2) is 27.2 Å². The number of hydrogen-bond donors (Lipinski definition) is 2. The molecule has 0 amide bonds. The first-order valence-electron chi connectivity index (χ1n) is 3.90. The van der Waals surface area contributed by atoms with Crippen LogP contribution in [0, 0.1) is 3.57 Å². The molecule has 0 saturated carbocycles. The van der Waals surface area contributed by atoms with Crippen molar-refractivity contribution in [1.82, 2.24) is 9.97 Å². The number of aliphatic hydroxyl groups is 1. The average Bonchev–Trinajstić information content (AvgIpc) is 2.09. The summed E-state index contributed by atoms with van der Waals surface area (Å²) in [5.74, 6) is 0.541. The Labute approximate surface area is 90.9 Å². The second-order valence-electron chi connectivity index (χ2n) is 3.39. The topological polar surface area (TPSA) is 58.0 Å². The van der Waals surface area contributed by atoms with E-state index >= 15 is 0 Å². The molecule has 0 atom stereocenters. The van der Waals surface area contributed by atoms with Gasteiger partial charge in [0.15, 0.2) is 0 Å². The van der Waals surface area contributed by atoms with Gasteiger partial charge in [-0.05, 0) is 36.4 Å². The summed E-state index contributed by atoms with van der Waals surface area (Å²) in [5.41, 5.74) is -0.382. The van der Waals surface area contributed by atoms with Crippen molar-refractivity contribution < 1.29 is 5.11 Å². The van der Waals surface area contributed by atoms with Crippen LogP contribution in [0.5, 0.6) is 0 Å². The van der Waals surface area contributed by atoms with E-state index in [0.717, 1.165) is 3.57 Å². The molecule has 0 aliphatic rings. The summed E-state index contributed by atoms with van der Waals surface area (Å²) >= 11 is 2.14. The van der Waals surface area contributed by atoms with Crippen LogP contribution >= 0.6 is 22.6 Å². The molecule has 0 aliphatic carbocycles. The molecule has 2 N–H and O–H groups in total. The van der Waals surface area contributed by atoms with Crippen LogP contribution in [0.15, 0.2) is 12.4 Å². The van der Waals surface area contributed by atoms with Gasteiger partial charge in [-0.3, -0.25) is 0 Å².